The molecule has 0 heterocycles. The Morgan fingerprint density at radius 2 is 2.00 bits per heavy atom. The fourth-order valence-corrected chi connectivity index (χ4v) is 2.04. The van der Waals surface area contributed by atoms with Crippen LogP contribution < -0.4 is 4.72 Å². The molecule has 0 fully saturated rings. The second kappa shape index (κ2) is 9.24. The zero-order valence-corrected chi connectivity index (χ0v) is 12.6. The molecule has 19 heavy (non-hydrogen) atoms. The van der Waals surface area contributed by atoms with Crippen molar-refractivity contribution in [3.05, 3.63) is 0 Å². The van der Waals surface area contributed by atoms with Crippen LogP contribution in [0.15, 0.2) is 0 Å². The van der Waals surface area contributed by atoms with Crippen LogP contribution in [-0.4, -0.2) is 57.1 Å². The highest BCUT2D eigenvalue weighted by Gasteiger charge is 2.17. The quantitative estimate of drug-likeness (QED) is 0.534. The normalized spacial score (nSPS) is 12.3. The van der Waals surface area contributed by atoms with Gasteiger partial charge in [0, 0.05) is 26.7 Å². The van der Waals surface area contributed by atoms with Crippen LogP contribution in [0.3, 0.4) is 0 Å². The van der Waals surface area contributed by atoms with Crippen molar-refractivity contribution < 1.29 is 23.1 Å². The summed E-state index contributed by atoms with van der Waals surface area (Å²) in [7, 11) is -2.28. The van der Waals surface area contributed by atoms with Gasteiger partial charge in [0.25, 0.3) is 10.2 Å². The summed E-state index contributed by atoms with van der Waals surface area (Å²) in [5.41, 5.74) is 0. The van der Waals surface area contributed by atoms with Gasteiger partial charge in [-0.15, -0.1) is 0 Å². The van der Waals surface area contributed by atoms with Crippen molar-refractivity contribution in [3.8, 4) is 0 Å². The third-order valence-electron chi connectivity index (χ3n) is 2.42. The predicted molar refractivity (Wildman–Crippen MR) is 72.1 cm³/mol. The summed E-state index contributed by atoms with van der Waals surface area (Å²) < 4.78 is 31.9. The van der Waals surface area contributed by atoms with E-state index in [0.717, 1.165) is 10.7 Å². The first-order valence-electron chi connectivity index (χ1n) is 6.26. The molecule has 2 N–H and O–H groups in total. The second-order valence-electron chi connectivity index (χ2n) is 4.66. The molecule has 0 unspecified atom stereocenters. The van der Waals surface area contributed by atoms with E-state index >= 15 is 0 Å². The van der Waals surface area contributed by atoms with Crippen molar-refractivity contribution in [3.63, 3.8) is 0 Å². The highest BCUT2D eigenvalue weighted by Crippen LogP contribution is 1.99. The Morgan fingerprint density at radius 3 is 2.53 bits per heavy atom. The molecule has 0 aliphatic carbocycles. The van der Waals surface area contributed by atoms with Gasteiger partial charge in [-0.05, 0) is 12.3 Å². The van der Waals surface area contributed by atoms with Crippen LogP contribution in [0, 0.1) is 5.92 Å². The van der Waals surface area contributed by atoms with Crippen LogP contribution in [0.2, 0.25) is 0 Å². The van der Waals surface area contributed by atoms with E-state index in [-0.39, 0.29) is 19.5 Å². The van der Waals surface area contributed by atoms with E-state index in [9.17, 15) is 13.2 Å². The molecule has 0 spiro atoms. The summed E-state index contributed by atoms with van der Waals surface area (Å²) in [6.07, 6.45) is 0.716. The standard InChI is InChI=1S/C11H24N2O5S/c1-10(2)5-8-18-9-6-12-19(16,17)13(3)7-4-11(14)15/h10,12H,4-9H2,1-3H3,(H,14,15). The van der Waals surface area contributed by atoms with Gasteiger partial charge < -0.3 is 9.84 Å². The molecular weight excluding hydrogens is 272 g/mol. The molecule has 0 radical (unpaired) electrons. The highest BCUT2D eigenvalue weighted by molar-refractivity contribution is 7.87. The van der Waals surface area contributed by atoms with E-state index in [0.29, 0.717) is 19.1 Å². The molecule has 7 nitrogen and oxygen atoms in total. The van der Waals surface area contributed by atoms with Crippen molar-refractivity contribution in [2.75, 3.05) is 33.4 Å². The maximum atomic E-state index is 11.7. The molecule has 114 valence electrons. The minimum absolute atomic E-state index is 0.0567. The first-order valence-corrected chi connectivity index (χ1v) is 7.70. The lowest BCUT2D eigenvalue weighted by Crippen LogP contribution is -2.40. The number of ether oxygens (including phenoxy) is 1. The lowest BCUT2D eigenvalue weighted by atomic mass is 10.1. The van der Waals surface area contributed by atoms with Gasteiger partial charge in [-0.1, -0.05) is 13.8 Å². The second-order valence-corrected chi connectivity index (χ2v) is 6.52. The van der Waals surface area contributed by atoms with Crippen molar-refractivity contribution in [1.82, 2.24) is 9.03 Å². The van der Waals surface area contributed by atoms with Crippen LogP contribution in [0.5, 0.6) is 0 Å². The fraction of sp³-hybridized carbons (Fsp3) is 0.909. The van der Waals surface area contributed by atoms with Gasteiger partial charge in [-0.3, -0.25) is 4.79 Å². The zero-order chi connectivity index (χ0) is 14.9. The molecule has 0 rings (SSSR count). The maximum Gasteiger partial charge on any atom is 0.304 e. The van der Waals surface area contributed by atoms with E-state index in [4.69, 9.17) is 9.84 Å². The van der Waals surface area contributed by atoms with Crippen LogP contribution >= 0.6 is 0 Å². The Labute approximate surface area is 115 Å². The molecule has 0 aromatic heterocycles. The Morgan fingerprint density at radius 1 is 1.37 bits per heavy atom. The summed E-state index contributed by atoms with van der Waals surface area (Å²) >= 11 is 0. The topological polar surface area (TPSA) is 95.9 Å². The molecule has 0 aromatic carbocycles. The van der Waals surface area contributed by atoms with Gasteiger partial charge in [0.15, 0.2) is 0 Å². The molecule has 0 aromatic rings. The number of hydrogen-bond donors (Lipinski definition) is 2. The van der Waals surface area contributed by atoms with E-state index in [1.54, 1.807) is 0 Å². The molecular formula is C11H24N2O5S. The minimum atomic E-state index is -3.62. The Balaban J connectivity index is 3.81. The summed E-state index contributed by atoms with van der Waals surface area (Å²) in [5.74, 6) is -0.474. The van der Waals surface area contributed by atoms with E-state index in [1.165, 1.54) is 7.05 Å². The monoisotopic (exact) mass is 296 g/mol. The average molecular weight is 296 g/mol. The van der Waals surface area contributed by atoms with Crippen LogP contribution in [0.25, 0.3) is 0 Å². The Hall–Kier alpha value is -0.700. The van der Waals surface area contributed by atoms with Crippen molar-refractivity contribution in [1.29, 1.82) is 0 Å². The smallest absolute Gasteiger partial charge is 0.304 e. The van der Waals surface area contributed by atoms with Gasteiger partial charge in [0.1, 0.15) is 0 Å². The SMILES string of the molecule is CC(C)CCOCCNS(=O)(=O)N(C)CCC(=O)O. The van der Waals surface area contributed by atoms with Gasteiger partial charge in [0.2, 0.25) is 0 Å². The van der Waals surface area contributed by atoms with Crippen LogP contribution in [0.4, 0.5) is 0 Å². The van der Waals surface area contributed by atoms with Crippen LogP contribution in [0.1, 0.15) is 26.7 Å². The molecule has 0 aliphatic heterocycles. The fourth-order valence-electron chi connectivity index (χ4n) is 1.15. The molecule has 0 bridgehead atoms. The number of carbonyl (C=O) groups is 1. The third-order valence-corrected chi connectivity index (χ3v) is 3.99. The van der Waals surface area contributed by atoms with Gasteiger partial charge in [-0.2, -0.15) is 17.4 Å². The predicted octanol–water partition coefficient (Wildman–Crippen LogP) is 0.290. The van der Waals surface area contributed by atoms with E-state index in [1.807, 2.05) is 0 Å². The summed E-state index contributed by atoms with van der Waals surface area (Å²) in [6, 6.07) is 0. The van der Waals surface area contributed by atoms with E-state index in [2.05, 4.69) is 18.6 Å². The summed E-state index contributed by atoms with van der Waals surface area (Å²) in [4.78, 5) is 10.4. The number of carboxylic acid groups (broad SMARTS) is 1. The number of carboxylic acids is 1. The van der Waals surface area contributed by atoms with Crippen molar-refractivity contribution >= 4 is 16.2 Å². The number of nitrogens with zero attached hydrogens (tertiary/aromatic N) is 1. The summed E-state index contributed by atoms with van der Waals surface area (Å²) in [5, 5.41) is 8.48. The molecule has 0 amide bonds. The van der Waals surface area contributed by atoms with Gasteiger partial charge in [-0.25, -0.2) is 0 Å². The number of rotatable bonds is 11. The van der Waals surface area contributed by atoms with Gasteiger partial charge >= 0.3 is 5.97 Å². The number of hydrogen-bond acceptors (Lipinski definition) is 4. The minimum Gasteiger partial charge on any atom is -0.481 e. The molecule has 0 aliphatic rings. The van der Waals surface area contributed by atoms with Crippen molar-refractivity contribution in [2.45, 2.75) is 26.7 Å². The largest absolute Gasteiger partial charge is 0.481 e. The van der Waals surface area contributed by atoms with Crippen molar-refractivity contribution in [2.24, 2.45) is 5.92 Å². The Kier molecular flexibility index (Phi) is 8.90. The molecule has 8 heteroatoms. The lowest BCUT2D eigenvalue weighted by Gasteiger charge is -2.16. The molecule has 0 saturated heterocycles. The van der Waals surface area contributed by atoms with Crippen LogP contribution in [-0.2, 0) is 19.7 Å². The first kappa shape index (κ1) is 18.3. The van der Waals surface area contributed by atoms with E-state index < -0.39 is 16.2 Å². The number of nitrogens with one attached hydrogen (secondary N) is 1. The van der Waals surface area contributed by atoms with Gasteiger partial charge in [0.05, 0.1) is 13.0 Å². The first-order chi connectivity index (χ1) is 8.75. The molecule has 0 atom stereocenters. The highest BCUT2D eigenvalue weighted by atomic mass is 32.2. The lowest BCUT2D eigenvalue weighted by molar-refractivity contribution is -0.137. The number of aliphatic carboxylic acids is 1. The average Bonchev–Trinajstić information content (AvgIpc) is 2.29. The molecule has 0 saturated carbocycles. The zero-order valence-electron chi connectivity index (χ0n) is 11.8. The maximum absolute atomic E-state index is 11.7. The summed E-state index contributed by atoms with van der Waals surface area (Å²) in [6.45, 7) is 5.21. The Bertz CT molecular complexity index is 356. The third kappa shape index (κ3) is 9.83.